The number of hydrogen-bond acceptors (Lipinski definition) is 5. The fourth-order valence-corrected chi connectivity index (χ4v) is 2.82. The van der Waals surface area contributed by atoms with Gasteiger partial charge in [-0.1, -0.05) is 23.5 Å². The minimum absolute atomic E-state index is 0.191. The van der Waals surface area contributed by atoms with E-state index in [9.17, 15) is 14.0 Å². The Hall–Kier alpha value is -2.87. The van der Waals surface area contributed by atoms with Crippen LogP contribution in [0.15, 0.2) is 47.4 Å². The normalized spacial score (nSPS) is 10.6. The highest BCUT2D eigenvalue weighted by Gasteiger charge is 2.11. The first kappa shape index (κ1) is 16.0. The van der Waals surface area contributed by atoms with Crippen LogP contribution < -0.4 is 10.9 Å². The van der Waals surface area contributed by atoms with Gasteiger partial charge in [0.05, 0.1) is 5.56 Å². The van der Waals surface area contributed by atoms with Crippen LogP contribution in [-0.2, 0) is 13.5 Å². The fourth-order valence-electron chi connectivity index (χ4n) is 2.05. The number of nitrogens with one attached hydrogen (secondary N) is 1. The number of nitrogens with zero attached hydrogens (tertiary/aromatic N) is 3. The minimum atomic E-state index is -0.366. The predicted molar refractivity (Wildman–Crippen MR) is 88.8 cm³/mol. The summed E-state index contributed by atoms with van der Waals surface area (Å²) in [4.78, 5) is 23.5. The number of benzene rings is 1. The molecule has 1 amide bonds. The van der Waals surface area contributed by atoms with E-state index in [4.69, 9.17) is 0 Å². The zero-order chi connectivity index (χ0) is 17.1. The van der Waals surface area contributed by atoms with E-state index in [1.165, 1.54) is 46.4 Å². The molecule has 0 atom stereocenters. The largest absolute Gasteiger partial charge is 0.318 e. The molecule has 0 bridgehead atoms. The molecule has 1 N–H and O–H groups in total. The van der Waals surface area contributed by atoms with Gasteiger partial charge in [-0.05, 0) is 23.8 Å². The molecule has 8 heteroatoms. The van der Waals surface area contributed by atoms with Crippen molar-refractivity contribution in [2.75, 3.05) is 5.32 Å². The maximum absolute atomic E-state index is 12.9. The van der Waals surface area contributed by atoms with Crippen LogP contribution in [0.2, 0.25) is 0 Å². The second-order valence-electron chi connectivity index (χ2n) is 5.13. The maximum Gasteiger partial charge on any atom is 0.258 e. The van der Waals surface area contributed by atoms with Gasteiger partial charge in [-0.15, -0.1) is 10.2 Å². The Labute approximate surface area is 140 Å². The van der Waals surface area contributed by atoms with Crippen molar-refractivity contribution in [2.24, 2.45) is 7.05 Å². The van der Waals surface area contributed by atoms with Crippen molar-refractivity contribution in [2.45, 2.75) is 6.42 Å². The van der Waals surface area contributed by atoms with Crippen molar-refractivity contribution in [1.82, 2.24) is 14.8 Å². The van der Waals surface area contributed by atoms with Gasteiger partial charge in [0.25, 0.3) is 5.91 Å². The Kier molecular flexibility index (Phi) is 4.48. The van der Waals surface area contributed by atoms with Crippen LogP contribution >= 0.6 is 11.3 Å². The first-order valence-electron chi connectivity index (χ1n) is 7.06. The molecule has 3 aromatic rings. The summed E-state index contributed by atoms with van der Waals surface area (Å²) in [6.07, 6.45) is 1.96. The van der Waals surface area contributed by atoms with Crippen molar-refractivity contribution in [3.8, 4) is 0 Å². The third kappa shape index (κ3) is 3.72. The van der Waals surface area contributed by atoms with Gasteiger partial charge in [-0.25, -0.2) is 4.39 Å². The molecular formula is C16H13FN4O2S. The molecule has 0 aliphatic carbocycles. The monoisotopic (exact) mass is 344 g/mol. The molecule has 122 valence electrons. The molecule has 0 unspecified atom stereocenters. The summed E-state index contributed by atoms with van der Waals surface area (Å²) in [6.45, 7) is 0. The van der Waals surface area contributed by atoms with E-state index < -0.39 is 0 Å². The smallest absolute Gasteiger partial charge is 0.258 e. The zero-order valence-corrected chi connectivity index (χ0v) is 13.5. The minimum Gasteiger partial charge on any atom is -0.318 e. The number of carbonyl (C=O) groups excluding carboxylic acids is 1. The Balaban J connectivity index is 1.69. The van der Waals surface area contributed by atoms with Crippen molar-refractivity contribution in [3.63, 3.8) is 0 Å². The molecule has 3 rings (SSSR count). The number of amides is 1. The third-order valence-corrected chi connectivity index (χ3v) is 4.14. The first-order chi connectivity index (χ1) is 11.5. The number of pyridine rings is 1. The molecule has 0 aliphatic heterocycles. The second-order valence-corrected chi connectivity index (χ2v) is 6.19. The van der Waals surface area contributed by atoms with Crippen molar-refractivity contribution >= 4 is 22.4 Å². The Bertz CT molecular complexity index is 934. The van der Waals surface area contributed by atoms with Gasteiger partial charge >= 0.3 is 0 Å². The van der Waals surface area contributed by atoms with Crippen LogP contribution in [0.3, 0.4) is 0 Å². The van der Waals surface area contributed by atoms with Gasteiger partial charge in [0.1, 0.15) is 10.8 Å². The number of anilines is 1. The summed E-state index contributed by atoms with van der Waals surface area (Å²) < 4.78 is 14.2. The van der Waals surface area contributed by atoms with Crippen LogP contribution in [0, 0.1) is 5.82 Å². The maximum atomic E-state index is 12.9. The van der Waals surface area contributed by atoms with Gasteiger partial charge in [0.2, 0.25) is 10.7 Å². The van der Waals surface area contributed by atoms with E-state index in [0.29, 0.717) is 22.1 Å². The molecule has 0 radical (unpaired) electrons. The van der Waals surface area contributed by atoms with E-state index in [0.717, 1.165) is 5.56 Å². The van der Waals surface area contributed by atoms with E-state index in [2.05, 4.69) is 15.5 Å². The first-order valence-corrected chi connectivity index (χ1v) is 7.88. The van der Waals surface area contributed by atoms with Crippen LogP contribution in [0.25, 0.3) is 0 Å². The highest BCUT2D eigenvalue weighted by Crippen LogP contribution is 2.19. The molecule has 6 nitrogen and oxygen atoms in total. The summed E-state index contributed by atoms with van der Waals surface area (Å²) in [7, 11) is 1.57. The molecule has 0 spiro atoms. The number of halogens is 1. The lowest BCUT2D eigenvalue weighted by Crippen LogP contribution is -2.19. The lowest BCUT2D eigenvalue weighted by molar-refractivity contribution is 0.102. The Morgan fingerprint density at radius 2 is 1.96 bits per heavy atom. The average Bonchev–Trinajstić information content (AvgIpc) is 2.99. The van der Waals surface area contributed by atoms with Crippen LogP contribution in [0.1, 0.15) is 20.9 Å². The van der Waals surface area contributed by atoms with Gasteiger partial charge in [0.15, 0.2) is 0 Å². The number of carbonyl (C=O) groups is 1. The number of hydrogen-bond donors (Lipinski definition) is 1. The van der Waals surface area contributed by atoms with Gasteiger partial charge in [-0.3, -0.25) is 14.9 Å². The number of aryl methyl sites for hydroxylation is 1. The van der Waals surface area contributed by atoms with Gasteiger partial charge < -0.3 is 4.57 Å². The summed E-state index contributed by atoms with van der Waals surface area (Å²) in [5.41, 5.74) is 1.07. The lowest BCUT2D eigenvalue weighted by atomic mass is 10.2. The molecule has 0 aliphatic rings. The van der Waals surface area contributed by atoms with E-state index >= 15 is 0 Å². The zero-order valence-electron chi connectivity index (χ0n) is 12.7. The summed E-state index contributed by atoms with van der Waals surface area (Å²) in [6, 6.07) is 8.92. The van der Waals surface area contributed by atoms with E-state index in [1.807, 2.05) is 0 Å². The van der Waals surface area contributed by atoms with Gasteiger partial charge in [-0.2, -0.15) is 0 Å². The van der Waals surface area contributed by atoms with Gasteiger partial charge in [0, 0.05) is 25.7 Å². The van der Waals surface area contributed by atoms with E-state index in [1.54, 1.807) is 19.2 Å². The lowest BCUT2D eigenvalue weighted by Gasteiger charge is -2.02. The quantitative estimate of drug-likeness (QED) is 0.787. The van der Waals surface area contributed by atoms with E-state index in [-0.39, 0.29) is 17.3 Å². The number of aromatic nitrogens is 3. The molecule has 0 saturated carbocycles. The molecule has 0 saturated heterocycles. The SMILES string of the molecule is Cn1cc(C(=O)Nc2nnc(Cc3ccc(F)cc3)s2)ccc1=O. The molecule has 2 aromatic heterocycles. The van der Waals surface area contributed by atoms with Crippen molar-refractivity contribution < 1.29 is 9.18 Å². The Morgan fingerprint density at radius 3 is 2.67 bits per heavy atom. The summed E-state index contributed by atoms with van der Waals surface area (Å²) in [5, 5.41) is 11.7. The third-order valence-electron chi connectivity index (χ3n) is 3.30. The average molecular weight is 344 g/mol. The summed E-state index contributed by atoms with van der Waals surface area (Å²) in [5.74, 6) is -0.656. The molecule has 2 heterocycles. The predicted octanol–water partition coefficient (Wildman–Crippen LogP) is 2.22. The van der Waals surface area contributed by atoms with Crippen LogP contribution in [0.5, 0.6) is 0 Å². The number of rotatable bonds is 4. The standard InChI is InChI=1S/C16H13FN4O2S/c1-21-9-11(4-7-14(21)22)15(23)18-16-20-19-13(24-16)8-10-2-5-12(17)6-3-10/h2-7,9H,8H2,1H3,(H,18,20,23). The molecule has 24 heavy (non-hydrogen) atoms. The van der Waals surface area contributed by atoms with Crippen molar-refractivity contribution in [1.29, 1.82) is 0 Å². The van der Waals surface area contributed by atoms with Crippen molar-refractivity contribution in [3.05, 3.63) is 74.9 Å². The van der Waals surface area contributed by atoms with Crippen LogP contribution in [0.4, 0.5) is 9.52 Å². The second kappa shape index (κ2) is 6.71. The Morgan fingerprint density at radius 1 is 1.21 bits per heavy atom. The van der Waals surface area contributed by atoms with Crippen LogP contribution in [-0.4, -0.2) is 20.7 Å². The topological polar surface area (TPSA) is 76.9 Å². The molecule has 0 fully saturated rings. The fraction of sp³-hybridized carbons (Fsp3) is 0.125. The molecule has 1 aromatic carbocycles. The highest BCUT2D eigenvalue weighted by atomic mass is 32.1. The molecular weight excluding hydrogens is 331 g/mol. The summed E-state index contributed by atoms with van der Waals surface area (Å²) >= 11 is 1.25. The highest BCUT2D eigenvalue weighted by molar-refractivity contribution is 7.15.